The zero-order chi connectivity index (χ0) is 9.97. The standard InChI is InChI=1S/C11H13N3/c1-14(12)8-9-4-5-11-10(7-9)3-2-6-13-11/h2-7H,8,12H2,1H3. The molecule has 0 atom stereocenters. The van der Waals surface area contributed by atoms with Gasteiger partial charge < -0.3 is 0 Å². The van der Waals surface area contributed by atoms with Crippen LogP contribution in [0.4, 0.5) is 0 Å². The van der Waals surface area contributed by atoms with Gasteiger partial charge in [0.2, 0.25) is 0 Å². The Morgan fingerprint density at radius 3 is 3.00 bits per heavy atom. The molecule has 1 aromatic carbocycles. The minimum absolute atomic E-state index is 0.755. The van der Waals surface area contributed by atoms with Crippen LogP contribution >= 0.6 is 0 Å². The molecule has 3 nitrogen and oxygen atoms in total. The summed E-state index contributed by atoms with van der Waals surface area (Å²) in [6, 6.07) is 10.2. The number of nitrogens with two attached hydrogens (primary N) is 1. The molecule has 2 rings (SSSR count). The van der Waals surface area contributed by atoms with Crippen LogP contribution in [0.1, 0.15) is 5.56 Å². The Hall–Kier alpha value is -1.45. The molecule has 1 aromatic heterocycles. The molecule has 0 spiro atoms. The molecule has 0 aliphatic carbocycles. The molecular weight excluding hydrogens is 174 g/mol. The second kappa shape index (κ2) is 3.74. The molecule has 2 aromatic rings. The largest absolute Gasteiger partial charge is 0.269 e. The number of hydrazine groups is 1. The van der Waals surface area contributed by atoms with Gasteiger partial charge in [-0.2, -0.15) is 0 Å². The first-order valence-electron chi connectivity index (χ1n) is 4.55. The number of hydrogen-bond donors (Lipinski definition) is 1. The maximum atomic E-state index is 5.59. The third kappa shape index (κ3) is 1.89. The highest BCUT2D eigenvalue weighted by molar-refractivity contribution is 5.78. The molecule has 0 saturated heterocycles. The fourth-order valence-electron chi connectivity index (χ4n) is 1.51. The van der Waals surface area contributed by atoms with Gasteiger partial charge in [-0.3, -0.25) is 10.8 Å². The Balaban J connectivity index is 2.41. The molecule has 0 saturated carbocycles. The number of fused-ring (bicyclic) bond motifs is 1. The summed E-state index contributed by atoms with van der Waals surface area (Å²) in [5.41, 5.74) is 2.23. The summed E-state index contributed by atoms with van der Waals surface area (Å²) in [7, 11) is 1.85. The SMILES string of the molecule is CN(N)Cc1ccc2ncccc2c1. The Labute approximate surface area is 83.1 Å². The summed E-state index contributed by atoms with van der Waals surface area (Å²) in [5, 5.41) is 2.82. The van der Waals surface area contributed by atoms with Crippen molar-refractivity contribution >= 4 is 10.9 Å². The van der Waals surface area contributed by atoms with Crippen molar-refractivity contribution < 1.29 is 0 Å². The monoisotopic (exact) mass is 187 g/mol. The molecule has 0 aliphatic rings. The molecule has 72 valence electrons. The quantitative estimate of drug-likeness (QED) is 0.573. The summed E-state index contributed by atoms with van der Waals surface area (Å²) in [6.45, 7) is 0.755. The molecule has 0 unspecified atom stereocenters. The number of rotatable bonds is 2. The van der Waals surface area contributed by atoms with E-state index in [9.17, 15) is 0 Å². The van der Waals surface area contributed by atoms with E-state index in [4.69, 9.17) is 5.84 Å². The summed E-state index contributed by atoms with van der Waals surface area (Å²) < 4.78 is 0. The fourth-order valence-corrected chi connectivity index (χ4v) is 1.51. The van der Waals surface area contributed by atoms with E-state index in [1.54, 1.807) is 11.2 Å². The van der Waals surface area contributed by atoms with E-state index in [-0.39, 0.29) is 0 Å². The normalized spacial score (nSPS) is 11.1. The van der Waals surface area contributed by atoms with Crippen molar-refractivity contribution in [3.05, 3.63) is 42.1 Å². The zero-order valence-corrected chi connectivity index (χ0v) is 8.14. The predicted octanol–water partition coefficient (Wildman–Crippen LogP) is 1.54. The highest BCUT2D eigenvalue weighted by Crippen LogP contribution is 2.13. The van der Waals surface area contributed by atoms with Crippen molar-refractivity contribution in [2.24, 2.45) is 5.84 Å². The van der Waals surface area contributed by atoms with Gasteiger partial charge in [-0.15, -0.1) is 0 Å². The zero-order valence-electron chi connectivity index (χ0n) is 8.14. The number of hydrogen-bond acceptors (Lipinski definition) is 3. The third-order valence-electron chi connectivity index (χ3n) is 2.10. The van der Waals surface area contributed by atoms with Gasteiger partial charge in [0.15, 0.2) is 0 Å². The highest BCUT2D eigenvalue weighted by Gasteiger charge is 1.97. The van der Waals surface area contributed by atoms with Crippen LogP contribution < -0.4 is 5.84 Å². The minimum atomic E-state index is 0.755. The van der Waals surface area contributed by atoms with Gasteiger partial charge in [-0.1, -0.05) is 12.1 Å². The molecular formula is C11H13N3. The summed E-state index contributed by atoms with van der Waals surface area (Å²) in [5.74, 6) is 5.59. The molecule has 0 aliphatic heterocycles. The molecule has 2 N–H and O–H groups in total. The molecule has 0 amide bonds. The van der Waals surface area contributed by atoms with E-state index in [0.717, 1.165) is 17.4 Å². The first-order valence-corrected chi connectivity index (χ1v) is 4.55. The fraction of sp³-hybridized carbons (Fsp3) is 0.182. The minimum Gasteiger partial charge on any atom is -0.269 e. The summed E-state index contributed by atoms with van der Waals surface area (Å²) in [4.78, 5) is 4.26. The van der Waals surface area contributed by atoms with Crippen molar-refractivity contribution in [3.8, 4) is 0 Å². The lowest BCUT2D eigenvalue weighted by Gasteiger charge is -2.09. The van der Waals surface area contributed by atoms with Crippen molar-refractivity contribution in [2.75, 3.05) is 7.05 Å². The van der Waals surface area contributed by atoms with Crippen molar-refractivity contribution in [1.82, 2.24) is 9.99 Å². The Morgan fingerprint density at radius 1 is 1.36 bits per heavy atom. The Kier molecular flexibility index (Phi) is 2.43. The van der Waals surface area contributed by atoms with E-state index in [1.807, 2.05) is 19.2 Å². The average Bonchev–Trinajstić information content (AvgIpc) is 2.17. The maximum absolute atomic E-state index is 5.59. The number of aromatic nitrogens is 1. The average molecular weight is 187 g/mol. The van der Waals surface area contributed by atoms with Crippen LogP contribution in [0.5, 0.6) is 0 Å². The van der Waals surface area contributed by atoms with Gasteiger partial charge >= 0.3 is 0 Å². The van der Waals surface area contributed by atoms with Crippen LogP contribution in [-0.2, 0) is 6.54 Å². The first-order chi connectivity index (χ1) is 6.75. The van der Waals surface area contributed by atoms with Crippen molar-refractivity contribution in [1.29, 1.82) is 0 Å². The van der Waals surface area contributed by atoms with Gasteiger partial charge in [0.25, 0.3) is 0 Å². The lowest BCUT2D eigenvalue weighted by molar-refractivity contribution is 0.342. The number of pyridine rings is 1. The Bertz CT molecular complexity index is 437. The number of nitrogens with zero attached hydrogens (tertiary/aromatic N) is 2. The molecule has 0 fully saturated rings. The first kappa shape index (κ1) is 9.12. The second-order valence-electron chi connectivity index (χ2n) is 3.45. The number of benzene rings is 1. The van der Waals surface area contributed by atoms with E-state index >= 15 is 0 Å². The predicted molar refractivity (Wildman–Crippen MR) is 57.4 cm³/mol. The van der Waals surface area contributed by atoms with Crippen LogP contribution in [-0.4, -0.2) is 17.0 Å². The van der Waals surface area contributed by atoms with E-state index in [1.165, 1.54) is 5.56 Å². The molecule has 0 radical (unpaired) electrons. The third-order valence-corrected chi connectivity index (χ3v) is 2.10. The van der Waals surface area contributed by atoms with Gasteiger partial charge in [0.1, 0.15) is 0 Å². The smallest absolute Gasteiger partial charge is 0.0702 e. The lowest BCUT2D eigenvalue weighted by Crippen LogP contribution is -2.24. The van der Waals surface area contributed by atoms with E-state index in [0.29, 0.717) is 0 Å². The van der Waals surface area contributed by atoms with Crippen LogP contribution in [0.25, 0.3) is 10.9 Å². The van der Waals surface area contributed by atoms with Crippen molar-refractivity contribution in [2.45, 2.75) is 6.54 Å². The molecule has 1 heterocycles. The van der Waals surface area contributed by atoms with Crippen LogP contribution in [0.15, 0.2) is 36.5 Å². The second-order valence-corrected chi connectivity index (χ2v) is 3.45. The molecule has 0 bridgehead atoms. The van der Waals surface area contributed by atoms with E-state index < -0.39 is 0 Å². The highest BCUT2D eigenvalue weighted by atomic mass is 15.4. The van der Waals surface area contributed by atoms with Crippen LogP contribution in [0.2, 0.25) is 0 Å². The summed E-state index contributed by atoms with van der Waals surface area (Å²) in [6.07, 6.45) is 1.80. The van der Waals surface area contributed by atoms with E-state index in [2.05, 4.69) is 23.2 Å². The molecule has 3 heteroatoms. The van der Waals surface area contributed by atoms with Crippen molar-refractivity contribution in [3.63, 3.8) is 0 Å². The lowest BCUT2D eigenvalue weighted by atomic mass is 10.1. The van der Waals surface area contributed by atoms with Crippen LogP contribution in [0, 0.1) is 0 Å². The van der Waals surface area contributed by atoms with Gasteiger partial charge in [-0.25, -0.2) is 5.01 Å². The topological polar surface area (TPSA) is 42.1 Å². The Morgan fingerprint density at radius 2 is 2.21 bits per heavy atom. The van der Waals surface area contributed by atoms with Gasteiger partial charge in [0, 0.05) is 25.2 Å². The van der Waals surface area contributed by atoms with Gasteiger partial charge in [0.05, 0.1) is 5.52 Å². The van der Waals surface area contributed by atoms with Crippen LogP contribution in [0.3, 0.4) is 0 Å². The summed E-state index contributed by atoms with van der Waals surface area (Å²) >= 11 is 0. The maximum Gasteiger partial charge on any atom is 0.0702 e. The molecule has 14 heavy (non-hydrogen) atoms. The van der Waals surface area contributed by atoms with Gasteiger partial charge in [-0.05, 0) is 23.8 Å².